The molecule has 25 heavy (non-hydrogen) atoms. The summed E-state index contributed by atoms with van der Waals surface area (Å²) in [5.41, 5.74) is -0.140. The molecule has 0 aliphatic heterocycles. The van der Waals surface area contributed by atoms with Gasteiger partial charge in [0, 0.05) is 19.2 Å². The van der Waals surface area contributed by atoms with Crippen molar-refractivity contribution in [3.63, 3.8) is 0 Å². The van der Waals surface area contributed by atoms with Gasteiger partial charge in [-0.25, -0.2) is 0 Å². The van der Waals surface area contributed by atoms with Gasteiger partial charge in [-0.1, -0.05) is 18.2 Å². The molecule has 134 valence electrons. The highest BCUT2D eigenvalue weighted by Crippen LogP contribution is 2.29. The number of carbonyl (C=O) groups is 1. The van der Waals surface area contributed by atoms with Gasteiger partial charge in [-0.15, -0.1) is 0 Å². The third-order valence-electron chi connectivity index (χ3n) is 3.35. The van der Waals surface area contributed by atoms with E-state index in [0.29, 0.717) is 5.56 Å². The van der Waals surface area contributed by atoms with Crippen LogP contribution < -0.4 is 4.74 Å². The highest BCUT2D eigenvalue weighted by atomic mass is 19.4. The van der Waals surface area contributed by atoms with Crippen LogP contribution in [0.15, 0.2) is 48.5 Å². The maximum Gasteiger partial charge on any atom is 0.416 e. The lowest BCUT2D eigenvalue weighted by Gasteiger charge is -2.18. The molecule has 0 unspecified atom stereocenters. The first-order chi connectivity index (χ1) is 11.7. The first kappa shape index (κ1) is 18.7. The lowest BCUT2D eigenvalue weighted by Crippen LogP contribution is -2.26. The number of benzene rings is 2. The largest absolute Gasteiger partial charge is 0.435 e. The number of halogens is 5. The van der Waals surface area contributed by atoms with E-state index in [4.69, 9.17) is 0 Å². The van der Waals surface area contributed by atoms with Crippen molar-refractivity contribution in [2.75, 3.05) is 7.05 Å². The number of carbonyl (C=O) groups excluding carboxylic acids is 1. The van der Waals surface area contributed by atoms with Crippen molar-refractivity contribution < 1.29 is 31.5 Å². The molecule has 0 radical (unpaired) electrons. The molecule has 2 rings (SSSR count). The van der Waals surface area contributed by atoms with Crippen LogP contribution in [-0.4, -0.2) is 24.5 Å². The Kier molecular flexibility index (Phi) is 5.61. The number of hydrogen-bond acceptors (Lipinski definition) is 2. The summed E-state index contributed by atoms with van der Waals surface area (Å²) in [5, 5.41) is 0. The first-order valence-electron chi connectivity index (χ1n) is 7.13. The van der Waals surface area contributed by atoms with Gasteiger partial charge in [0.1, 0.15) is 5.75 Å². The number of ether oxygens (including phenoxy) is 1. The predicted octanol–water partition coefficient (Wildman–Crippen LogP) is 4.58. The monoisotopic (exact) mass is 359 g/mol. The summed E-state index contributed by atoms with van der Waals surface area (Å²) < 4.78 is 66.3. The van der Waals surface area contributed by atoms with Crippen molar-refractivity contribution in [2.24, 2.45) is 0 Å². The van der Waals surface area contributed by atoms with Crippen LogP contribution in [0.1, 0.15) is 21.5 Å². The van der Waals surface area contributed by atoms with Crippen LogP contribution >= 0.6 is 0 Å². The lowest BCUT2D eigenvalue weighted by atomic mass is 10.1. The molecule has 0 N–H and O–H groups in total. The van der Waals surface area contributed by atoms with Gasteiger partial charge in [-0.05, 0) is 35.9 Å². The Morgan fingerprint density at radius 3 is 2.32 bits per heavy atom. The van der Waals surface area contributed by atoms with Crippen LogP contribution in [0, 0.1) is 0 Å². The number of nitrogens with zero attached hydrogens (tertiary/aromatic N) is 1. The molecule has 0 aliphatic rings. The molecular weight excluding hydrogens is 345 g/mol. The van der Waals surface area contributed by atoms with E-state index in [9.17, 15) is 26.7 Å². The van der Waals surface area contributed by atoms with Crippen molar-refractivity contribution in [2.45, 2.75) is 19.3 Å². The third-order valence-corrected chi connectivity index (χ3v) is 3.35. The molecule has 0 heterocycles. The van der Waals surface area contributed by atoms with E-state index in [1.54, 1.807) is 0 Å². The minimum atomic E-state index is -4.43. The molecule has 3 nitrogen and oxygen atoms in total. The SMILES string of the molecule is CN(Cc1ccc(C(F)(F)F)cc1)C(=O)c1cccc(OC(F)F)c1. The van der Waals surface area contributed by atoms with Gasteiger partial charge in [0.05, 0.1) is 5.56 Å². The average Bonchev–Trinajstić information content (AvgIpc) is 2.53. The van der Waals surface area contributed by atoms with E-state index in [2.05, 4.69) is 4.74 Å². The maximum atomic E-state index is 12.5. The van der Waals surface area contributed by atoms with E-state index in [0.717, 1.165) is 12.1 Å². The highest BCUT2D eigenvalue weighted by Gasteiger charge is 2.30. The Morgan fingerprint density at radius 2 is 1.76 bits per heavy atom. The molecule has 0 saturated carbocycles. The fraction of sp³-hybridized carbons (Fsp3) is 0.235. The highest BCUT2D eigenvalue weighted by molar-refractivity contribution is 5.94. The van der Waals surface area contributed by atoms with Gasteiger partial charge < -0.3 is 9.64 Å². The molecule has 0 atom stereocenters. The van der Waals surface area contributed by atoms with Crippen LogP contribution in [0.3, 0.4) is 0 Å². The smallest absolute Gasteiger partial charge is 0.416 e. The lowest BCUT2D eigenvalue weighted by molar-refractivity contribution is -0.137. The molecule has 8 heteroatoms. The molecule has 0 aliphatic carbocycles. The number of amides is 1. The van der Waals surface area contributed by atoms with E-state index in [-0.39, 0.29) is 17.9 Å². The number of hydrogen-bond donors (Lipinski definition) is 0. The molecule has 1 amide bonds. The molecule has 2 aromatic rings. The van der Waals surface area contributed by atoms with Gasteiger partial charge >= 0.3 is 12.8 Å². The maximum absolute atomic E-state index is 12.5. The van der Waals surface area contributed by atoms with Gasteiger partial charge in [-0.3, -0.25) is 4.79 Å². The topological polar surface area (TPSA) is 29.5 Å². The zero-order valence-corrected chi connectivity index (χ0v) is 13.1. The van der Waals surface area contributed by atoms with Crippen LogP contribution in [0.5, 0.6) is 5.75 Å². The second-order valence-electron chi connectivity index (χ2n) is 5.26. The molecular formula is C17H14F5NO2. The molecule has 0 bridgehead atoms. The fourth-order valence-corrected chi connectivity index (χ4v) is 2.17. The van der Waals surface area contributed by atoms with Gasteiger partial charge in [0.25, 0.3) is 5.91 Å². The zero-order chi connectivity index (χ0) is 18.6. The molecule has 2 aromatic carbocycles. The third kappa shape index (κ3) is 5.17. The van der Waals surface area contributed by atoms with Crippen molar-refractivity contribution in [3.05, 3.63) is 65.2 Å². The summed E-state index contributed by atoms with van der Waals surface area (Å²) in [7, 11) is 1.46. The summed E-state index contributed by atoms with van der Waals surface area (Å²) in [4.78, 5) is 13.6. The van der Waals surface area contributed by atoms with Crippen molar-refractivity contribution >= 4 is 5.91 Å². The predicted molar refractivity (Wildman–Crippen MR) is 80.3 cm³/mol. The van der Waals surface area contributed by atoms with Crippen LogP contribution in [0.2, 0.25) is 0 Å². The Hall–Kier alpha value is -2.64. The quantitative estimate of drug-likeness (QED) is 0.732. The molecule has 0 fully saturated rings. The fourth-order valence-electron chi connectivity index (χ4n) is 2.17. The van der Waals surface area contributed by atoms with E-state index in [1.165, 1.54) is 48.3 Å². The standard InChI is InChI=1S/C17H14F5NO2/c1-23(10-11-5-7-13(8-6-11)17(20,21)22)15(24)12-3-2-4-14(9-12)25-16(18)19/h2-9,16H,10H2,1H3. The summed E-state index contributed by atoms with van der Waals surface area (Å²) in [6, 6.07) is 9.73. The van der Waals surface area contributed by atoms with Crippen LogP contribution in [0.4, 0.5) is 22.0 Å². The summed E-state index contributed by atoms with van der Waals surface area (Å²) in [6.07, 6.45) is -4.43. The second-order valence-corrected chi connectivity index (χ2v) is 5.26. The van der Waals surface area contributed by atoms with E-state index >= 15 is 0 Å². The normalized spacial score (nSPS) is 11.5. The van der Waals surface area contributed by atoms with Gasteiger partial charge in [0.2, 0.25) is 0 Å². The summed E-state index contributed by atoms with van der Waals surface area (Å²) >= 11 is 0. The number of rotatable bonds is 5. The molecule has 0 spiro atoms. The van der Waals surface area contributed by atoms with E-state index in [1.807, 2.05) is 0 Å². The summed E-state index contributed by atoms with van der Waals surface area (Å²) in [5.74, 6) is -0.622. The van der Waals surface area contributed by atoms with Crippen LogP contribution in [-0.2, 0) is 12.7 Å². The Labute approximate surface area is 140 Å². The minimum absolute atomic E-state index is 0.0664. The average molecular weight is 359 g/mol. The zero-order valence-electron chi connectivity index (χ0n) is 13.1. The van der Waals surface area contributed by atoms with Crippen LogP contribution in [0.25, 0.3) is 0 Å². The Bertz CT molecular complexity index is 729. The van der Waals surface area contributed by atoms with Crippen molar-refractivity contribution in [1.82, 2.24) is 4.90 Å². The number of alkyl halides is 5. The minimum Gasteiger partial charge on any atom is -0.435 e. The Balaban J connectivity index is 2.07. The Morgan fingerprint density at radius 1 is 1.12 bits per heavy atom. The van der Waals surface area contributed by atoms with Crippen molar-refractivity contribution in [1.29, 1.82) is 0 Å². The van der Waals surface area contributed by atoms with E-state index < -0.39 is 24.3 Å². The van der Waals surface area contributed by atoms with Gasteiger partial charge in [0.15, 0.2) is 0 Å². The molecule has 0 aromatic heterocycles. The second kappa shape index (κ2) is 7.50. The first-order valence-corrected chi connectivity index (χ1v) is 7.13. The van der Waals surface area contributed by atoms with Crippen molar-refractivity contribution in [3.8, 4) is 5.75 Å². The summed E-state index contributed by atoms with van der Waals surface area (Å²) in [6.45, 7) is -2.94. The van der Waals surface area contributed by atoms with Gasteiger partial charge in [-0.2, -0.15) is 22.0 Å². The molecule has 0 saturated heterocycles.